The van der Waals surface area contributed by atoms with Crippen LogP contribution in [-0.4, -0.2) is 82.0 Å². The summed E-state index contributed by atoms with van der Waals surface area (Å²) in [5.74, 6) is -3.21. The first-order chi connectivity index (χ1) is 20.6. The lowest BCUT2D eigenvalue weighted by molar-refractivity contribution is -0.149. The largest absolute Gasteiger partial charge is 0.508 e. The van der Waals surface area contributed by atoms with Crippen LogP contribution in [0.3, 0.4) is 0 Å². The standard InChI is InChI=1S/C31H41N5O7/c1-2-3-10-24(35-28(39)23(32)17-21-12-14-22(37)15-13-21)29(40)33-19-27(38)34-25(18-20-8-5-4-6-9-20)30(41)36-16-7-11-26(36)31(42)43/h4-6,8-9,12-15,23-26,37H,2-3,7,10-11,16-19,32H2,1H3,(H,33,40)(H,34,38)(H,35,39)(H,42,43)/t23-,24+,25-,26-/m0/s1. The van der Waals surface area contributed by atoms with Gasteiger partial charge in [-0.25, -0.2) is 4.79 Å². The van der Waals surface area contributed by atoms with E-state index in [1.807, 2.05) is 13.0 Å². The fourth-order valence-electron chi connectivity index (χ4n) is 5.01. The Morgan fingerprint density at radius 2 is 1.60 bits per heavy atom. The van der Waals surface area contributed by atoms with Gasteiger partial charge in [-0.15, -0.1) is 0 Å². The number of amides is 4. The molecule has 0 aromatic heterocycles. The third-order valence-electron chi connectivity index (χ3n) is 7.37. The lowest BCUT2D eigenvalue weighted by Gasteiger charge is -2.27. The Morgan fingerprint density at radius 3 is 2.26 bits per heavy atom. The first-order valence-corrected chi connectivity index (χ1v) is 14.6. The van der Waals surface area contributed by atoms with Crippen LogP contribution >= 0.6 is 0 Å². The number of hydrogen-bond donors (Lipinski definition) is 6. The molecule has 2 aromatic carbocycles. The number of nitrogens with one attached hydrogen (secondary N) is 3. The van der Waals surface area contributed by atoms with E-state index < -0.39 is 60.3 Å². The Bertz CT molecular complexity index is 1250. The van der Waals surface area contributed by atoms with Crippen molar-refractivity contribution in [1.82, 2.24) is 20.9 Å². The molecule has 12 heteroatoms. The smallest absolute Gasteiger partial charge is 0.326 e. The number of carbonyl (C=O) groups excluding carboxylic acids is 4. The van der Waals surface area contributed by atoms with Crippen molar-refractivity contribution in [2.24, 2.45) is 5.73 Å². The van der Waals surface area contributed by atoms with Crippen LogP contribution in [0.5, 0.6) is 5.75 Å². The van der Waals surface area contributed by atoms with Gasteiger partial charge >= 0.3 is 5.97 Å². The fourth-order valence-corrected chi connectivity index (χ4v) is 5.01. The third-order valence-corrected chi connectivity index (χ3v) is 7.37. The molecule has 0 unspecified atom stereocenters. The first-order valence-electron chi connectivity index (χ1n) is 14.6. The van der Waals surface area contributed by atoms with E-state index in [1.165, 1.54) is 17.0 Å². The van der Waals surface area contributed by atoms with E-state index in [9.17, 15) is 34.2 Å². The number of phenols is 1. The molecule has 0 saturated carbocycles. The Morgan fingerprint density at radius 1 is 0.930 bits per heavy atom. The van der Waals surface area contributed by atoms with Gasteiger partial charge in [0, 0.05) is 13.0 Å². The van der Waals surface area contributed by atoms with Gasteiger partial charge in [-0.3, -0.25) is 19.2 Å². The number of benzene rings is 2. The molecule has 1 fully saturated rings. The van der Waals surface area contributed by atoms with E-state index in [0.29, 0.717) is 25.7 Å². The van der Waals surface area contributed by atoms with E-state index >= 15 is 0 Å². The maximum absolute atomic E-state index is 13.4. The van der Waals surface area contributed by atoms with E-state index in [1.54, 1.807) is 36.4 Å². The molecule has 1 aliphatic heterocycles. The molecule has 0 radical (unpaired) electrons. The number of likely N-dealkylation sites (tertiary alicyclic amines) is 1. The molecule has 1 heterocycles. The van der Waals surface area contributed by atoms with Gasteiger partial charge in [-0.2, -0.15) is 0 Å². The minimum atomic E-state index is -1.09. The molecular weight excluding hydrogens is 554 g/mol. The first kappa shape index (κ1) is 33.1. The van der Waals surface area contributed by atoms with Crippen molar-refractivity contribution in [2.45, 2.75) is 76.0 Å². The van der Waals surface area contributed by atoms with Crippen LogP contribution < -0.4 is 21.7 Å². The SMILES string of the molecule is CCCC[C@@H](NC(=O)[C@@H](N)Cc1ccc(O)cc1)C(=O)NCC(=O)N[C@@H](Cc1ccccc1)C(=O)N1CCC[C@H]1C(=O)O. The minimum Gasteiger partial charge on any atom is -0.508 e. The van der Waals surface area contributed by atoms with Crippen LogP contribution in [0.4, 0.5) is 0 Å². The van der Waals surface area contributed by atoms with Gasteiger partial charge in [0.25, 0.3) is 0 Å². The van der Waals surface area contributed by atoms with Crippen LogP contribution in [0.15, 0.2) is 54.6 Å². The molecule has 7 N–H and O–H groups in total. The van der Waals surface area contributed by atoms with Crippen LogP contribution in [0.25, 0.3) is 0 Å². The predicted molar refractivity (Wildman–Crippen MR) is 159 cm³/mol. The highest BCUT2D eigenvalue weighted by Gasteiger charge is 2.37. The Kier molecular flexibility index (Phi) is 12.5. The van der Waals surface area contributed by atoms with Gasteiger partial charge in [-0.1, -0.05) is 62.2 Å². The highest BCUT2D eigenvalue weighted by molar-refractivity contribution is 5.94. The summed E-state index contributed by atoms with van der Waals surface area (Å²) < 4.78 is 0. The molecule has 4 amide bonds. The number of carboxylic acid groups (broad SMARTS) is 1. The van der Waals surface area contributed by atoms with E-state index in [0.717, 1.165) is 17.5 Å². The summed E-state index contributed by atoms with van der Waals surface area (Å²) in [5.41, 5.74) is 7.60. The molecule has 1 saturated heterocycles. The van der Waals surface area contributed by atoms with Crippen LogP contribution in [-0.2, 0) is 36.8 Å². The van der Waals surface area contributed by atoms with Crippen molar-refractivity contribution in [2.75, 3.05) is 13.1 Å². The Balaban J connectivity index is 1.61. The number of nitrogens with zero attached hydrogens (tertiary/aromatic N) is 1. The summed E-state index contributed by atoms with van der Waals surface area (Å²) >= 11 is 0. The molecular formula is C31H41N5O7. The molecule has 2 aromatic rings. The number of aromatic hydroxyl groups is 1. The number of phenolic OH excluding ortho intramolecular Hbond substituents is 1. The molecule has 0 bridgehead atoms. The van der Waals surface area contributed by atoms with Crippen molar-refractivity contribution in [3.05, 3.63) is 65.7 Å². The van der Waals surface area contributed by atoms with Crippen molar-refractivity contribution in [3.8, 4) is 5.75 Å². The zero-order valence-corrected chi connectivity index (χ0v) is 24.3. The van der Waals surface area contributed by atoms with Crippen LogP contribution in [0, 0.1) is 0 Å². The molecule has 12 nitrogen and oxygen atoms in total. The Hall–Kier alpha value is -4.45. The molecule has 0 spiro atoms. The van der Waals surface area contributed by atoms with E-state index in [-0.39, 0.29) is 25.1 Å². The van der Waals surface area contributed by atoms with Gasteiger partial charge < -0.3 is 36.8 Å². The second-order valence-electron chi connectivity index (χ2n) is 10.7. The quantitative estimate of drug-likeness (QED) is 0.175. The summed E-state index contributed by atoms with van der Waals surface area (Å²) in [7, 11) is 0. The number of aliphatic carboxylic acids is 1. The maximum Gasteiger partial charge on any atom is 0.326 e. The van der Waals surface area contributed by atoms with Crippen molar-refractivity contribution < 1.29 is 34.2 Å². The molecule has 232 valence electrons. The van der Waals surface area contributed by atoms with Gasteiger partial charge in [0.15, 0.2) is 0 Å². The van der Waals surface area contributed by atoms with Gasteiger partial charge in [0.1, 0.15) is 23.9 Å². The third kappa shape index (κ3) is 10.1. The number of hydrogen-bond acceptors (Lipinski definition) is 7. The maximum atomic E-state index is 13.4. The summed E-state index contributed by atoms with van der Waals surface area (Å²) in [6.07, 6.45) is 3.00. The van der Waals surface area contributed by atoms with Crippen LogP contribution in [0.2, 0.25) is 0 Å². The zero-order chi connectivity index (χ0) is 31.4. The topological polar surface area (TPSA) is 191 Å². The van der Waals surface area contributed by atoms with E-state index in [2.05, 4.69) is 16.0 Å². The lowest BCUT2D eigenvalue weighted by atomic mass is 10.0. The van der Waals surface area contributed by atoms with Gasteiger partial charge in [0.05, 0.1) is 12.6 Å². The molecule has 4 atom stereocenters. The fraction of sp³-hybridized carbons (Fsp3) is 0.452. The highest BCUT2D eigenvalue weighted by Crippen LogP contribution is 2.20. The number of carbonyl (C=O) groups is 5. The second-order valence-corrected chi connectivity index (χ2v) is 10.7. The zero-order valence-electron chi connectivity index (χ0n) is 24.3. The molecule has 43 heavy (non-hydrogen) atoms. The van der Waals surface area contributed by atoms with E-state index in [4.69, 9.17) is 5.73 Å². The number of carboxylic acids is 1. The minimum absolute atomic E-state index is 0.0957. The predicted octanol–water partition coefficient (Wildman–Crippen LogP) is 0.856. The van der Waals surface area contributed by atoms with Crippen LogP contribution in [0.1, 0.15) is 50.2 Å². The average Bonchev–Trinajstić information content (AvgIpc) is 3.49. The summed E-state index contributed by atoms with van der Waals surface area (Å²) in [6.45, 7) is 1.78. The summed E-state index contributed by atoms with van der Waals surface area (Å²) in [6, 6.07) is 11.5. The molecule has 1 aliphatic rings. The normalized spacial score (nSPS) is 16.5. The monoisotopic (exact) mass is 595 g/mol. The highest BCUT2D eigenvalue weighted by atomic mass is 16.4. The Labute approximate surface area is 251 Å². The summed E-state index contributed by atoms with van der Waals surface area (Å²) in [4.78, 5) is 65.1. The van der Waals surface area contributed by atoms with Crippen molar-refractivity contribution >= 4 is 29.6 Å². The number of nitrogens with two attached hydrogens (primary N) is 1. The average molecular weight is 596 g/mol. The summed E-state index contributed by atoms with van der Waals surface area (Å²) in [5, 5.41) is 26.9. The van der Waals surface area contributed by atoms with Gasteiger partial charge in [0.2, 0.25) is 23.6 Å². The van der Waals surface area contributed by atoms with Gasteiger partial charge in [-0.05, 0) is 48.9 Å². The van der Waals surface area contributed by atoms with Crippen molar-refractivity contribution in [1.29, 1.82) is 0 Å². The number of rotatable bonds is 15. The van der Waals surface area contributed by atoms with Crippen molar-refractivity contribution in [3.63, 3.8) is 0 Å². The molecule has 0 aliphatic carbocycles. The second kappa shape index (κ2) is 16.3. The number of unbranched alkanes of at least 4 members (excludes halogenated alkanes) is 1. The molecule has 3 rings (SSSR count). The lowest BCUT2D eigenvalue weighted by Crippen LogP contribution is -2.55.